The number of hydrogen-bond donors (Lipinski definition) is 1. The fourth-order valence-corrected chi connectivity index (χ4v) is 3.24. The van der Waals surface area contributed by atoms with Crippen LogP contribution < -0.4 is 5.32 Å². The van der Waals surface area contributed by atoms with Gasteiger partial charge in [-0.05, 0) is 30.3 Å². The third kappa shape index (κ3) is 3.01. The third-order valence-corrected chi connectivity index (χ3v) is 4.94. The van der Waals surface area contributed by atoms with Gasteiger partial charge in [0.1, 0.15) is 5.52 Å². The Labute approximate surface area is 156 Å². The largest absolute Gasteiger partial charge is 0.346 e. The quantitative estimate of drug-likeness (QED) is 0.719. The Morgan fingerprint density at radius 3 is 2.69 bits per heavy atom. The van der Waals surface area contributed by atoms with Crippen LogP contribution in [-0.2, 0) is 0 Å². The van der Waals surface area contributed by atoms with Crippen LogP contribution in [0.1, 0.15) is 23.5 Å². The first kappa shape index (κ1) is 17.2. The molecule has 4 rings (SSSR count). The summed E-state index contributed by atoms with van der Waals surface area (Å²) in [5.41, 5.74) is 1.50. The van der Waals surface area contributed by atoms with E-state index in [2.05, 4.69) is 15.3 Å². The molecule has 5 nitrogen and oxygen atoms in total. The topological polar surface area (TPSA) is 59.8 Å². The van der Waals surface area contributed by atoms with E-state index in [1.165, 1.54) is 4.57 Å². The summed E-state index contributed by atoms with van der Waals surface area (Å²) in [4.78, 5) is 21.2. The number of carbonyl (C=O) groups excluding carboxylic acids is 1. The highest BCUT2D eigenvalue weighted by Crippen LogP contribution is 2.37. The van der Waals surface area contributed by atoms with E-state index in [0.29, 0.717) is 26.9 Å². The van der Waals surface area contributed by atoms with Crippen molar-refractivity contribution in [3.05, 3.63) is 52.4 Å². The van der Waals surface area contributed by atoms with Crippen molar-refractivity contribution in [3.63, 3.8) is 0 Å². The van der Waals surface area contributed by atoms with Crippen LogP contribution in [0.3, 0.4) is 0 Å². The molecule has 0 atom stereocenters. The molecule has 1 amide bonds. The monoisotopic (exact) mass is 396 g/mol. The Morgan fingerprint density at radius 2 is 2.00 bits per heavy atom. The number of halogens is 4. The average Bonchev–Trinajstić information content (AvgIpc) is 2.95. The number of amides is 1. The third-order valence-electron chi connectivity index (χ3n) is 4.21. The molecule has 1 aromatic carbocycles. The molecular weight excluding hydrogens is 385 g/mol. The first-order valence-corrected chi connectivity index (χ1v) is 8.57. The van der Waals surface area contributed by atoms with Crippen LogP contribution in [0, 0.1) is 0 Å². The number of imidazole rings is 1. The number of hydrogen-bond acceptors (Lipinski definition) is 3. The number of nitrogens with zero attached hydrogens (tertiary/aromatic N) is 3. The van der Waals surface area contributed by atoms with Crippen LogP contribution in [0.25, 0.3) is 16.9 Å². The number of pyridine rings is 1. The van der Waals surface area contributed by atoms with Gasteiger partial charge in [0.05, 0.1) is 15.7 Å². The van der Waals surface area contributed by atoms with Crippen molar-refractivity contribution in [2.45, 2.75) is 24.8 Å². The van der Waals surface area contributed by atoms with Gasteiger partial charge in [-0.25, -0.2) is 18.7 Å². The summed E-state index contributed by atoms with van der Waals surface area (Å²) in [6, 6.07) is 7.70. The van der Waals surface area contributed by atoms with Crippen molar-refractivity contribution in [1.29, 1.82) is 0 Å². The van der Waals surface area contributed by atoms with E-state index in [1.807, 2.05) is 0 Å². The SMILES string of the molecule is O=C(NC1CC(F)(F)C1)c1nc2cccnc2n1-c1ccc(Cl)c(Cl)c1. The summed E-state index contributed by atoms with van der Waals surface area (Å²) >= 11 is 12.1. The van der Waals surface area contributed by atoms with E-state index in [-0.39, 0.29) is 18.7 Å². The normalized spacial score (nSPS) is 16.5. The minimum absolute atomic E-state index is 0.0484. The van der Waals surface area contributed by atoms with Gasteiger partial charge in [-0.1, -0.05) is 23.2 Å². The molecule has 2 heterocycles. The summed E-state index contributed by atoms with van der Waals surface area (Å²) in [6.45, 7) is 0. The van der Waals surface area contributed by atoms with Gasteiger partial charge in [0, 0.05) is 25.1 Å². The second kappa shape index (κ2) is 6.17. The Kier molecular flexibility index (Phi) is 4.08. The molecule has 9 heteroatoms. The first-order valence-electron chi connectivity index (χ1n) is 7.82. The van der Waals surface area contributed by atoms with Gasteiger partial charge in [0.2, 0.25) is 5.82 Å². The molecule has 3 aromatic rings. The van der Waals surface area contributed by atoms with Gasteiger partial charge in [-0.2, -0.15) is 0 Å². The van der Waals surface area contributed by atoms with E-state index in [9.17, 15) is 13.6 Å². The second-order valence-electron chi connectivity index (χ2n) is 6.15. The Balaban J connectivity index is 1.76. The zero-order valence-electron chi connectivity index (χ0n) is 13.2. The molecular formula is C17H12Cl2F2N4O. The molecule has 1 aliphatic rings. The van der Waals surface area contributed by atoms with Crippen LogP contribution in [0.5, 0.6) is 0 Å². The molecule has 1 fully saturated rings. The molecule has 134 valence electrons. The van der Waals surface area contributed by atoms with Crippen molar-refractivity contribution in [2.24, 2.45) is 0 Å². The van der Waals surface area contributed by atoms with E-state index in [1.54, 1.807) is 36.5 Å². The van der Waals surface area contributed by atoms with Gasteiger partial charge in [0.15, 0.2) is 5.65 Å². The second-order valence-corrected chi connectivity index (χ2v) is 6.96. The van der Waals surface area contributed by atoms with Crippen LogP contribution in [0.4, 0.5) is 8.78 Å². The van der Waals surface area contributed by atoms with E-state index >= 15 is 0 Å². The maximum Gasteiger partial charge on any atom is 0.287 e. The molecule has 0 aliphatic heterocycles. The number of rotatable bonds is 3. The van der Waals surface area contributed by atoms with Crippen LogP contribution in [-0.4, -0.2) is 32.4 Å². The van der Waals surface area contributed by atoms with Gasteiger partial charge < -0.3 is 5.32 Å². The number of nitrogens with one attached hydrogen (secondary N) is 1. The molecule has 0 bridgehead atoms. The lowest BCUT2D eigenvalue weighted by atomic mass is 9.88. The van der Waals surface area contributed by atoms with E-state index in [0.717, 1.165) is 0 Å². The summed E-state index contributed by atoms with van der Waals surface area (Å²) < 4.78 is 27.6. The van der Waals surface area contributed by atoms with Gasteiger partial charge in [0.25, 0.3) is 11.8 Å². The maximum absolute atomic E-state index is 13.0. The molecule has 1 N–H and O–H groups in total. The van der Waals surface area contributed by atoms with E-state index < -0.39 is 17.9 Å². The molecule has 1 saturated carbocycles. The fraction of sp³-hybridized carbons (Fsp3) is 0.235. The highest BCUT2D eigenvalue weighted by molar-refractivity contribution is 6.42. The standard InChI is InChI=1S/C17H12Cl2F2N4O/c18-11-4-3-10(6-12(11)19)25-14-13(2-1-5-22-14)24-15(25)16(26)23-9-7-17(20,21)8-9/h1-6,9H,7-8H2,(H,23,26). The van der Waals surface area contributed by atoms with Crippen molar-refractivity contribution in [1.82, 2.24) is 19.9 Å². The van der Waals surface area contributed by atoms with Crippen LogP contribution >= 0.6 is 23.2 Å². The zero-order valence-corrected chi connectivity index (χ0v) is 14.7. The van der Waals surface area contributed by atoms with Gasteiger partial charge >= 0.3 is 0 Å². The lowest BCUT2D eigenvalue weighted by Gasteiger charge is -2.35. The molecule has 0 radical (unpaired) electrons. The number of benzene rings is 1. The Hall–Kier alpha value is -2.25. The smallest absolute Gasteiger partial charge is 0.287 e. The van der Waals surface area contributed by atoms with Gasteiger partial charge in [-0.3, -0.25) is 9.36 Å². The van der Waals surface area contributed by atoms with Crippen molar-refractivity contribution < 1.29 is 13.6 Å². The minimum atomic E-state index is -2.72. The summed E-state index contributed by atoms with van der Waals surface area (Å²) in [6.07, 6.45) is 0.834. The summed E-state index contributed by atoms with van der Waals surface area (Å²) in [5, 5.41) is 3.28. The van der Waals surface area contributed by atoms with Crippen molar-refractivity contribution >= 4 is 40.3 Å². The molecule has 0 spiro atoms. The molecule has 26 heavy (non-hydrogen) atoms. The van der Waals surface area contributed by atoms with Crippen LogP contribution in [0.2, 0.25) is 10.0 Å². The lowest BCUT2D eigenvalue weighted by Crippen LogP contribution is -2.50. The van der Waals surface area contributed by atoms with Crippen molar-refractivity contribution in [3.8, 4) is 5.69 Å². The number of alkyl halides is 2. The zero-order chi connectivity index (χ0) is 18.5. The van der Waals surface area contributed by atoms with Gasteiger partial charge in [-0.15, -0.1) is 0 Å². The van der Waals surface area contributed by atoms with Crippen molar-refractivity contribution in [2.75, 3.05) is 0 Å². The average molecular weight is 397 g/mol. The molecule has 0 unspecified atom stereocenters. The number of aromatic nitrogens is 3. The fourth-order valence-electron chi connectivity index (χ4n) is 2.95. The molecule has 1 aliphatic carbocycles. The molecule has 0 saturated heterocycles. The predicted molar refractivity (Wildman–Crippen MR) is 94.3 cm³/mol. The predicted octanol–water partition coefficient (Wildman–Crippen LogP) is 4.25. The minimum Gasteiger partial charge on any atom is -0.346 e. The number of carbonyl (C=O) groups is 1. The first-order chi connectivity index (χ1) is 12.3. The highest BCUT2D eigenvalue weighted by Gasteiger charge is 2.46. The molecule has 2 aromatic heterocycles. The Morgan fingerprint density at radius 1 is 1.23 bits per heavy atom. The summed E-state index contributed by atoms with van der Waals surface area (Å²) in [7, 11) is 0. The Bertz CT molecular complexity index is 1010. The van der Waals surface area contributed by atoms with Crippen LogP contribution in [0.15, 0.2) is 36.5 Å². The lowest BCUT2D eigenvalue weighted by molar-refractivity contribution is -0.0902. The highest BCUT2D eigenvalue weighted by atomic mass is 35.5. The number of fused-ring (bicyclic) bond motifs is 1. The summed E-state index contributed by atoms with van der Waals surface area (Å²) in [5.74, 6) is -3.22. The van der Waals surface area contributed by atoms with E-state index in [4.69, 9.17) is 23.2 Å². The maximum atomic E-state index is 13.0.